The Labute approximate surface area is 141 Å². The van der Waals surface area contributed by atoms with E-state index in [1.54, 1.807) is 0 Å². The van der Waals surface area contributed by atoms with Crippen molar-refractivity contribution in [2.75, 3.05) is 5.32 Å². The number of pyridine rings is 1. The summed E-state index contributed by atoms with van der Waals surface area (Å²) in [5.41, 5.74) is 5.79. The third-order valence-corrected chi connectivity index (χ3v) is 4.83. The zero-order valence-corrected chi connectivity index (χ0v) is 14.0. The van der Waals surface area contributed by atoms with E-state index in [1.807, 2.05) is 49.4 Å². The summed E-state index contributed by atoms with van der Waals surface area (Å²) in [5.74, 6) is 0.450. The van der Waals surface area contributed by atoms with Crippen LogP contribution in [0.5, 0.6) is 0 Å². The van der Waals surface area contributed by atoms with Gasteiger partial charge in [-0.2, -0.15) is 0 Å². The fourth-order valence-corrected chi connectivity index (χ4v) is 3.05. The second-order valence-corrected chi connectivity index (χ2v) is 6.59. The van der Waals surface area contributed by atoms with Crippen LogP contribution in [0, 0.1) is 13.8 Å². The van der Waals surface area contributed by atoms with E-state index in [0.29, 0.717) is 11.5 Å². The van der Waals surface area contributed by atoms with Gasteiger partial charge >= 0.3 is 0 Å². The van der Waals surface area contributed by atoms with Crippen molar-refractivity contribution in [3.63, 3.8) is 0 Å². The number of benzene rings is 2. The van der Waals surface area contributed by atoms with Gasteiger partial charge in [0, 0.05) is 22.7 Å². The molecule has 0 atom stereocenters. The van der Waals surface area contributed by atoms with Crippen LogP contribution in [-0.2, 0) is 0 Å². The molecule has 1 aliphatic rings. The molecule has 1 amide bonds. The van der Waals surface area contributed by atoms with E-state index in [0.717, 1.165) is 27.8 Å². The molecule has 3 aromatic rings. The number of rotatable bonds is 3. The number of amides is 1. The molecule has 120 valence electrons. The van der Waals surface area contributed by atoms with Crippen LogP contribution in [0.4, 0.5) is 5.69 Å². The summed E-state index contributed by atoms with van der Waals surface area (Å²) in [6.45, 7) is 4.09. The molecule has 1 N–H and O–H groups in total. The van der Waals surface area contributed by atoms with Crippen molar-refractivity contribution < 1.29 is 4.79 Å². The monoisotopic (exact) mass is 316 g/mol. The summed E-state index contributed by atoms with van der Waals surface area (Å²) in [6.07, 6.45) is 2.34. The Hall–Kier alpha value is -2.68. The van der Waals surface area contributed by atoms with Gasteiger partial charge in [0.1, 0.15) is 0 Å². The van der Waals surface area contributed by atoms with E-state index in [1.165, 1.54) is 18.4 Å². The van der Waals surface area contributed by atoms with Crippen LogP contribution < -0.4 is 5.32 Å². The first kappa shape index (κ1) is 14.9. The number of aryl methyl sites for hydroxylation is 1. The molecule has 1 saturated carbocycles. The summed E-state index contributed by atoms with van der Waals surface area (Å²) in [4.78, 5) is 17.7. The minimum Gasteiger partial charge on any atom is -0.322 e. The second kappa shape index (κ2) is 5.75. The molecular weight excluding hydrogens is 296 g/mol. The SMILES string of the molecule is Cc1cccc(NC(=O)c2cc(C3CC3)nc3ccccc23)c1C. The van der Waals surface area contributed by atoms with Crippen molar-refractivity contribution in [3.05, 3.63) is 70.9 Å². The molecule has 1 aromatic heterocycles. The quantitative estimate of drug-likeness (QED) is 0.740. The summed E-state index contributed by atoms with van der Waals surface area (Å²) in [6, 6.07) is 15.8. The fourth-order valence-electron chi connectivity index (χ4n) is 3.05. The van der Waals surface area contributed by atoms with Gasteiger partial charge in [-0.15, -0.1) is 0 Å². The van der Waals surface area contributed by atoms with E-state index < -0.39 is 0 Å². The lowest BCUT2D eigenvalue weighted by molar-refractivity contribution is 0.102. The highest BCUT2D eigenvalue weighted by Crippen LogP contribution is 2.40. The number of carbonyl (C=O) groups is 1. The summed E-state index contributed by atoms with van der Waals surface area (Å²) in [7, 11) is 0. The number of para-hydroxylation sites is 1. The third kappa shape index (κ3) is 2.67. The van der Waals surface area contributed by atoms with Crippen LogP contribution in [0.25, 0.3) is 10.9 Å². The number of nitrogens with one attached hydrogen (secondary N) is 1. The van der Waals surface area contributed by atoms with E-state index in [2.05, 4.69) is 18.3 Å². The van der Waals surface area contributed by atoms with Crippen molar-refractivity contribution in [2.24, 2.45) is 0 Å². The van der Waals surface area contributed by atoms with Gasteiger partial charge in [0.2, 0.25) is 0 Å². The summed E-state index contributed by atoms with van der Waals surface area (Å²) < 4.78 is 0. The topological polar surface area (TPSA) is 42.0 Å². The summed E-state index contributed by atoms with van der Waals surface area (Å²) >= 11 is 0. The highest BCUT2D eigenvalue weighted by atomic mass is 16.1. The second-order valence-electron chi connectivity index (χ2n) is 6.59. The molecule has 0 bridgehead atoms. The van der Waals surface area contributed by atoms with Gasteiger partial charge in [0.05, 0.1) is 11.1 Å². The maximum absolute atomic E-state index is 12.9. The molecule has 0 saturated heterocycles. The lowest BCUT2D eigenvalue weighted by Gasteiger charge is -2.13. The van der Waals surface area contributed by atoms with Crippen molar-refractivity contribution in [1.82, 2.24) is 4.98 Å². The first-order chi connectivity index (χ1) is 11.6. The highest BCUT2D eigenvalue weighted by Gasteiger charge is 2.27. The van der Waals surface area contributed by atoms with Gasteiger partial charge in [0.25, 0.3) is 5.91 Å². The van der Waals surface area contributed by atoms with Crippen LogP contribution >= 0.6 is 0 Å². The zero-order chi connectivity index (χ0) is 16.7. The van der Waals surface area contributed by atoms with Gasteiger partial charge in [-0.25, -0.2) is 0 Å². The lowest BCUT2D eigenvalue weighted by Crippen LogP contribution is -2.14. The Balaban J connectivity index is 1.77. The first-order valence-corrected chi connectivity index (χ1v) is 8.41. The van der Waals surface area contributed by atoms with Crippen molar-refractivity contribution in [1.29, 1.82) is 0 Å². The van der Waals surface area contributed by atoms with E-state index in [-0.39, 0.29) is 5.91 Å². The average molecular weight is 316 g/mol. The predicted octanol–water partition coefficient (Wildman–Crippen LogP) is 4.98. The number of anilines is 1. The van der Waals surface area contributed by atoms with Gasteiger partial charge in [-0.05, 0) is 56.0 Å². The van der Waals surface area contributed by atoms with E-state index in [4.69, 9.17) is 4.98 Å². The standard InChI is InChI=1S/C21H20N2O/c1-13-6-5-9-18(14(13)2)23-21(24)17-12-20(15-10-11-15)22-19-8-4-3-7-16(17)19/h3-9,12,15H,10-11H2,1-2H3,(H,23,24). The van der Waals surface area contributed by atoms with E-state index >= 15 is 0 Å². The molecule has 3 nitrogen and oxygen atoms in total. The number of hydrogen-bond acceptors (Lipinski definition) is 2. The van der Waals surface area contributed by atoms with Gasteiger partial charge < -0.3 is 5.32 Å². The Morgan fingerprint density at radius 3 is 2.67 bits per heavy atom. The molecular formula is C21H20N2O. The molecule has 4 rings (SSSR count). The summed E-state index contributed by atoms with van der Waals surface area (Å²) in [5, 5.41) is 3.99. The molecule has 2 aromatic carbocycles. The molecule has 1 aliphatic carbocycles. The van der Waals surface area contributed by atoms with Crippen molar-refractivity contribution in [2.45, 2.75) is 32.6 Å². The first-order valence-electron chi connectivity index (χ1n) is 8.41. The molecule has 3 heteroatoms. The van der Waals surface area contributed by atoms with Crippen LogP contribution in [0.1, 0.15) is 45.9 Å². The third-order valence-electron chi connectivity index (χ3n) is 4.83. The number of aromatic nitrogens is 1. The van der Waals surface area contributed by atoms with Crippen LogP contribution in [0.3, 0.4) is 0 Å². The Morgan fingerprint density at radius 1 is 1.08 bits per heavy atom. The van der Waals surface area contributed by atoms with Crippen LogP contribution in [0.2, 0.25) is 0 Å². The number of hydrogen-bond donors (Lipinski definition) is 1. The Bertz CT molecular complexity index is 942. The van der Waals surface area contributed by atoms with Gasteiger partial charge in [0.15, 0.2) is 0 Å². The van der Waals surface area contributed by atoms with Crippen LogP contribution in [-0.4, -0.2) is 10.9 Å². The smallest absolute Gasteiger partial charge is 0.256 e. The molecule has 1 heterocycles. The molecule has 0 aliphatic heterocycles. The zero-order valence-electron chi connectivity index (χ0n) is 14.0. The normalized spacial score (nSPS) is 13.9. The largest absolute Gasteiger partial charge is 0.322 e. The predicted molar refractivity (Wildman–Crippen MR) is 97.6 cm³/mol. The van der Waals surface area contributed by atoms with E-state index in [9.17, 15) is 4.79 Å². The highest BCUT2D eigenvalue weighted by molar-refractivity contribution is 6.12. The molecule has 1 fully saturated rings. The van der Waals surface area contributed by atoms with Crippen molar-refractivity contribution >= 4 is 22.5 Å². The number of carbonyl (C=O) groups excluding carboxylic acids is 1. The maximum atomic E-state index is 12.9. The number of nitrogens with zero attached hydrogens (tertiary/aromatic N) is 1. The van der Waals surface area contributed by atoms with Crippen molar-refractivity contribution in [3.8, 4) is 0 Å². The van der Waals surface area contributed by atoms with Crippen LogP contribution in [0.15, 0.2) is 48.5 Å². The minimum atomic E-state index is -0.0656. The molecule has 0 unspecified atom stereocenters. The maximum Gasteiger partial charge on any atom is 0.256 e. The molecule has 0 radical (unpaired) electrons. The van der Waals surface area contributed by atoms with Gasteiger partial charge in [-0.1, -0.05) is 30.3 Å². The minimum absolute atomic E-state index is 0.0656. The van der Waals surface area contributed by atoms with Gasteiger partial charge in [-0.3, -0.25) is 9.78 Å². The fraction of sp³-hybridized carbons (Fsp3) is 0.238. The molecule has 24 heavy (non-hydrogen) atoms. The Kier molecular flexibility index (Phi) is 3.57. The molecule has 0 spiro atoms. The Morgan fingerprint density at radius 2 is 1.88 bits per heavy atom. The number of fused-ring (bicyclic) bond motifs is 1. The lowest BCUT2D eigenvalue weighted by atomic mass is 10.0. The average Bonchev–Trinajstić information content (AvgIpc) is 3.43.